The molecule has 200 valence electrons. The van der Waals surface area contributed by atoms with Crippen LogP contribution < -0.4 is 4.74 Å². The molecular formula is C27H27F6NO3. The Hall–Kier alpha value is -3.01. The zero-order chi connectivity index (χ0) is 27.0. The molecule has 0 saturated carbocycles. The maximum atomic E-state index is 13.4. The second-order valence-electron chi connectivity index (χ2n) is 9.35. The quantitative estimate of drug-likeness (QED) is 0.304. The fraction of sp³-hybridized carbons (Fsp3) is 0.444. The summed E-state index contributed by atoms with van der Waals surface area (Å²) >= 11 is 0. The highest BCUT2D eigenvalue weighted by molar-refractivity contribution is 5.74. The van der Waals surface area contributed by atoms with Gasteiger partial charge in [0.2, 0.25) is 0 Å². The molecule has 0 aromatic heterocycles. The van der Waals surface area contributed by atoms with Crippen LogP contribution in [0.5, 0.6) is 5.75 Å². The third kappa shape index (κ3) is 6.11. The predicted molar refractivity (Wildman–Crippen MR) is 125 cm³/mol. The third-order valence-corrected chi connectivity index (χ3v) is 6.84. The number of alkyl halides is 6. The summed E-state index contributed by atoms with van der Waals surface area (Å²) in [6, 6.07) is 6.84. The van der Waals surface area contributed by atoms with Crippen LogP contribution in [0, 0.1) is 5.92 Å². The first-order valence-corrected chi connectivity index (χ1v) is 12.0. The summed E-state index contributed by atoms with van der Waals surface area (Å²) in [5.41, 5.74) is 1.33. The molecule has 4 rings (SSSR count). The molecule has 1 aliphatic carbocycles. The number of hydrogen-bond acceptors (Lipinski definition) is 4. The van der Waals surface area contributed by atoms with Gasteiger partial charge in [-0.15, -0.1) is 0 Å². The first-order chi connectivity index (χ1) is 17.4. The molecular weight excluding hydrogens is 500 g/mol. The van der Waals surface area contributed by atoms with Gasteiger partial charge in [-0.2, -0.15) is 26.3 Å². The highest BCUT2D eigenvalue weighted by atomic mass is 19.4. The molecule has 1 heterocycles. The average Bonchev–Trinajstić information content (AvgIpc) is 2.79. The number of nitrogens with zero attached hydrogens (tertiary/aromatic N) is 1. The van der Waals surface area contributed by atoms with Crippen LogP contribution in [0.4, 0.5) is 26.3 Å². The van der Waals surface area contributed by atoms with Crippen LogP contribution in [0.3, 0.4) is 0 Å². The summed E-state index contributed by atoms with van der Waals surface area (Å²) in [5, 5.41) is 0. The van der Waals surface area contributed by atoms with Gasteiger partial charge in [0.05, 0.1) is 23.7 Å². The molecule has 1 saturated heterocycles. The molecule has 0 bridgehead atoms. The van der Waals surface area contributed by atoms with Crippen LogP contribution in [0.15, 0.2) is 42.0 Å². The summed E-state index contributed by atoms with van der Waals surface area (Å²) in [6.45, 7) is 5.76. The Morgan fingerprint density at radius 1 is 1.00 bits per heavy atom. The minimum Gasteiger partial charge on any atom is -0.489 e. The van der Waals surface area contributed by atoms with Crippen molar-refractivity contribution >= 4 is 11.5 Å². The fourth-order valence-electron chi connectivity index (χ4n) is 4.78. The summed E-state index contributed by atoms with van der Waals surface area (Å²) < 4.78 is 89.6. The fourth-order valence-corrected chi connectivity index (χ4v) is 4.78. The average molecular weight is 528 g/mol. The predicted octanol–water partition coefficient (Wildman–Crippen LogP) is 6.52. The Kier molecular flexibility index (Phi) is 7.60. The van der Waals surface area contributed by atoms with Crippen LogP contribution in [0.2, 0.25) is 0 Å². The molecule has 1 fully saturated rings. The van der Waals surface area contributed by atoms with E-state index in [1.165, 1.54) is 5.57 Å². The molecule has 0 radical (unpaired) electrons. The van der Waals surface area contributed by atoms with Gasteiger partial charge in [0.15, 0.2) is 0 Å². The van der Waals surface area contributed by atoms with E-state index in [2.05, 4.69) is 4.90 Å². The number of fused-ring (bicyclic) bond motifs is 1. The van der Waals surface area contributed by atoms with E-state index in [0.29, 0.717) is 31.5 Å². The van der Waals surface area contributed by atoms with Crippen LogP contribution in [0.25, 0.3) is 5.57 Å². The number of allylic oxidation sites excluding steroid dienone is 1. The van der Waals surface area contributed by atoms with E-state index in [4.69, 9.17) is 9.47 Å². The zero-order valence-corrected chi connectivity index (χ0v) is 20.4. The SMILES string of the molecule is CCOC(=O)C1CN(CC2=C(C)c3ccc(OCc4ccc(C(F)(F)F)cc4C(F)(F)F)cc3CC2)C1. The second kappa shape index (κ2) is 10.4. The largest absolute Gasteiger partial charge is 0.489 e. The van der Waals surface area contributed by atoms with Gasteiger partial charge in [-0.05, 0) is 67.7 Å². The molecule has 4 nitrogen and oxygen atoms in total. The summed E-state index contributed by atoms with van der Waals surface area (Å²) in [7, 11) is 0. The van der Waals surface area contributed by atoms with E-state index in [1.54, 1.807) is 19.1 Å². The van der Waals surface area contributed by atoms with Gasteiger partial charge in [-0.3, -0.25) is 9.69 Å². The minimum absolute atomic E-state index is 0.0843. The van der Waals surface area contributed by atoms with Crippen molar-refractivity contribution < 1.29 is 40.6 Å². The number of ether oxygens (including phenoxy) is 2. The van der Waals surface area contributed by atoms with Crippen LogP contribution in [-0.4, -0.2) is 37.1 Å². The Morgan fingerprint density at radius 2 is 1.73 bits per heavy atom. The van der Waals surface area contributed by atoms with Crippen molar-refractivity contribution in [2.45, 2.75) is 45.6 Å². The van der Waals surface area contributed by atoms with Crippen molar-refractivity contribution in [3.63, 3.8) is 0 Å². The topological polar surface area (TPSA) is 38.8 Å². The molecule has 10 heteroatoms. The number of aryl methyl sites for hydroxylation is 1. The first-order valence-electron chi connectivity index (χ1n) is 12.0. The summed E-state index contributed by atoms with van der Waals surface area (Å²) in [5.74, 6) is 0.103. The number of carbonyl (C=O) groups excluding carboxylic acids is 1. The maximum Gasteiger partial charge on any atom is 0.416 e. The number of likely N-dealkylation sites (tertiary alicyclic amines) is 1. The van der Waals surface area contributed by atoms with Gasteiger partial charge in [0.25, 0.3) is 0 Å². The lowest BCUT2D eigenvalue weighted by molar-refractivity contribution is -0.153. The van der Waals surface area contributed by atoms with E-state index in [9.17, 15) is 31.1 Å². The molecule has 0 amide bonds. The molecule has 0 atom stereocenters. The van der Waals surface area contributed by atoms with E-state index in [0.717, 1.165) is 42.2 Å². The van der Waals surface area contributed by atoms with Crippen molar-refractivity contribution in [1.29, 1.82) is 0 Å². The number of halogens is 6. The van der Waals surface area contributed by atoms with Crippen LogP contribution >= 0.6 is 0 Å². The standard InChI is InChI=1S/C27H27F6NO3/c1-3-36-25(35)20-13-34(14-20)12-18-5-4-17-10-22(8-9-23(17)16(18)2)37-15-19-6-7-21(26(28,29)30)11-24(19)27(31,32)33/h6-11,20H,3-5,12-15H2,1-2H3. The van der Waals surface area contributed by atoms with Gasteiger partial charge >= 0.3 is 18.3 Å². The maximum absolute atomic E-state index is 13.4. The molecule has 0 unspecified atom stereocenters. The molecule has 2 aliphatic rings. The highest BCUT2D eigenvalue weighted by Gasteiger charge is 2.38. The lowest BCUT2D eigenvalue weighted by Gasteiger charge is -2.39. The van der Waals surface area contributed by atoms with Crippen molar-refractivity contribution in [3.8, 4) is 5.75 Å². The van der Waals surface area contributed by atoms with Gasteiger partial charge in [-0.1, -0.05) is 17.7 Å². The van der Waals surface area contributed by atoms with Crippen LogP contribution in [-0.2, 0) is 34.9 Å². The van der Waals surface area contributed by atoms with Crippen molar-refractivity contribution in [2.24, 2.45) is 5.92 Å². The van der Waals surface area contributed by atoms with Gasteiger partial charge < -0.3 is 9.47 Å². The van der Waals surface area contributed by atoms with Gasteiger partial charge in [0.1, 0.15) is 12.4 Å². The van der Waals surface area contributed by atoms with Crippen LogP contribution in [0.1, 0.15) is 48.1 Å². The molecule has 0 spiro atoms. The summed E-state index contributed by atoms with van der Waals surface area (Å²) in [4.78, 5) is 14.0. The normalized spacial score (nSPS) is 16.9. The second-order valence-corrected chi connectivity index (χ2v) is 9.35. The van der Waals surface area contributed by atoms with E-state index in [-0.39, 0.29) is 23.5 Å². The Bertz CT molecular complexity index is 1200. The highest BCUT2D eigenvalue weighted by Crippen LogP contribution is 2.38. The number of esters is 1. The monoisotopic (exact) mass is 527 g/mol. The Labute approximate surface area is 210 Å². The van der Waals surface area contributed by atoms with Crippen molar-refractivity contribution in [1.82, 2.24) is 4.90 Å². The number of rotatable bonds is 7. The smallest absolute Gasteiger partial charge is 0.416 e. The van der Waals surface area contributed by atoms with Crippen molar-refractivity contribution in [3.05, 3.63) is 69.8 Å². The molecule has 2 aromatic rings. The van der Waals surface area contributed by atoms with Gasteiger partial charge in [-0.25, -0.2) is 0 Å². The molecule has 1 aliphatic heterocycles. The van der Waals surface area contributed by atoms with Gasteiger partial charge in [0, 0.05) is 25.2 Å². The van der Waals surface area contributed by atoms with E-state index < -0.39 is 30.1 Å². The minimum atomic E-state index is -4.94. The number of benzene rings is 2. The summed E-state index contributed by atoms with van der Waals surface area (Å²) in [6.07, 6.45) is -8.29. The van der Waals surface area contributed by atoms with Crippen molar-refractivity contribution in [2.75, 3.05) is 26.2 Å². The van der Waals surface area contributed by atoms with E-state index in [1.807, 2.05) is 13.0 Å². The molecule has 2 aromatic carbocycles. The third-order valence-electron chi connectivity index (χ3n) is 6.84. The first kappa shape index (κ1) is 27.0. The Balaban J connectivity index is 1.43. The molecule has 37 heavy (non-hydrogen) atoms. The van der Waals surface area contributed by atoms with E-state index >= 15 is 0 Å². The lowest BCUT2D eigenvalue weighted by Crippen LogP contribution is -2.51. The number of hydrogen-bond donors (Lipinski definition) is 0. The Morgan fingerprint density at radius 3 is 2.38 bits per heavy atom. The molecule has 0 N–H and O–H groups in total. The lowest BCUT2D eigenvalue weighted by atomic mass is 9.85. The zero-order valence-electron chi connectivity index (χ0n) is 20.4. The number of carbonyl (C=O) groups is 1.